The van der Waals surface area contributed by atoms with Gasteiger partial charge in [-0.25, -0.2) is 4.98 Å². The summed E-state index contributed by atoms with van der Waals surface area (Å²) in [7, 11) is 0.556. The van der Waals surface area contributed by atoms with Crippen LogP contribution in [0.25, 0.3) is 11.3 Å². The molecule has 1 aliphatic heterocycles. The van der Waals surface area contributed by atoms with E-state index in [2.05, 4.69) is 25.7 Å². The molecule has 15 heteroatoms. The Balaban J connectivity index is 1.43. The maximum Gasteiger partial charge on any atom is 0.421 e. The number of hydrogen-bond acceptors (Lipinski definition) is 9. The number of carbonyl (C=O) groups excluding carboxylic acids is 1. The lowest BCUT2D eigenvalue weighted by Gasteiger charge is -2.17. The molecule has 0 spiro atoms. The number of nitrogens with one attached hydrogen (secondary N) is 2. The third-order valence-electron chi connectivity index (χ3n) is 6.93. The average molecular weight is 644 g/mol. The number of aliphatic hydroxyl groups is 1. The predicted molar refractivity (Wildman–Crippen MR) is 164 cm³/mol. The summed E-state index contributed by atoms with van der Waals surface area (Å²) in [6.45, 7) is 5.37. The van der Waals surface area contributed by atoms with Crippen LogP contribution in [-0.2, 0) is 34.5 Å². The van der Waals surface area contributed by atoms with E-state index >= 15 is 0 Å². The number of fused-ring (bicyclic) bond motifs is 1. The van der Waals surface area contributed by atoms with Gasteiger partial charge in [0, 0.05) is 43.4 Å². The molecule has 0 radical (unpaired) electrons. The molecule has 0 atom stereocenters. The number of aliphatic hydroxyl groups excluding tert-OH is 1. The normalized spacial score (nSPS) is 13.1. The van der Waals surface area contributed by atoms with E-state index in [9.17, 15) is 23.1 Å². The Morgan fingerprint density at radius 2 is 1.78 bits per heavy atom. The van der Waals surface area contributed by atoms with E-state index < -0.39 is 25.9 Å². The van der Waals surface area contributed by atoms with Crippen molar-refractivity contribution in [2.75, 3.05) is 37.5 Å². The molecule has 238 valence electrons. The number of aromatic nitrogens is 4. The monoisotopic (exact) mass is 643 g/mol. The van der Waals surface area contributed by atoms with Crippen molar-refractivity contribution in [1.29, 1.82) is 0 Å². The van der Waals surface area contributed by atoms with Gasteiger partial charge in [0.15, 0.2) is 8.38 Å². The lowest BCUT2D eigenvalue weighted by molar-refractivity contribution is -0.137. The minimum atomic E-state index is -4.76. The van der Waals surface area contributed by atoms with E-state index in [-0.39, 0.29) is 36.3 Å². The zero-order valence-corrected chi connectivity index (χ0v) is 25.8. The zero-order valence-electron chi connectivity index (χ0n) is 24.9. The number of carbonyl (C=O) groups is 1. The topological polar surface area (TPSA) is 127 Å². The molecule has 1 amide bonds. The summed E-state index contributed by atoms with van der Waals surface area (Å²) in [6.07, 6.45) is -1.74. The maximum absolute atomic E-state index is 14.1. The largest absolute Gasteiger partial charge is 0.421 e. The third kappa shape index (κ3) is 7.42. The molecule has 2 aromatic carbocycles. The maximum atomic E-state index is 14.1. The Kier molecular flexibility index (Phi) is 9.98. The predicted octanol–water partition coefficient (Wildman–Crippen LogP) is 6.31. The second-order valence-corrected chi connectivity index (χ2v) is 11.6. The molecule has 0 saturated carbocycles. The summed E-state index contributed by atoms with van der Waals surface area (Å²) in [4.78, 5) is 22.8. The van der Waals surface area contributed by atoms with Gasteiger partial charge in [-0.05, 0) is 49.2 Å². The smallest absolute Gasteiger partial charge is 0.394 e. The van der Waals surface area contributed by atoms with Crippen molar-refractivity contribution in [1.82, 2.24) is 24.6 Å². The van der Waals surface area contributed by atoms with Crippen LogP contribution in [0.15, 0.2) is 54.9 Å². The van der Waals surface area contributed by atoms with Gasteiger partial charge in [-0.2, -0.15) is 23.3 Å². The van der Waals surface area contributed by atoms with Gasteiger partial charge in [0.05, 0.1) is 43.3 Å². The summed E-state index contributed by atoms with van der Waals surface area (Å²) in [5.74, 6) is -0.905. The molecule has 3 N–H and O–H groups in total. The van der Waals surface area contributed by atoms with Crippen molar-refractivity contribution in [2.45, 2.75) is 39.3 Å². The number of nitrogens with zero attached hydrogens (tertiary/aromatic N) is 5. The van der Waals surface area contributed by atoms with Gasteiger partial charge >= 0.3 is 6.18 Å². The molecule has 45 heavy (non-hydrogen) atoms. The van der Waals surface area contributed by atoms with Crippen LogP contribution in [0.1, 0.15) is 40.9 Å². The molecule has 11 nitrogen and oxygen atoms in total. The first kappa shape index (κ1) is 32.3. The van der Waals surface area contributed by atoms with Crippen molar-refractivity contribution >= 4 is 37.4 Å². The molecule has 0 bridgehead atoms. The van der Waals surface area contributed by atoms with Gasteiger partial charge in [0.25, 0.3) is 5.91 Å². The second kappa shape index (κ2) is 13.9. The Hall–Kier alpha value is -4.10. The van der Waals surface area contributed by atoms with Gasteiger partial charge in [-0.3, -0.25) is 9.48 Å². The van der Waals surface area contributed by atoms with E-state index in [1.54, 1.807) is 48.3 Å². The Morgan fingerprint density at radius 1 is 1.04 bits per heavy atom. The molecule has 2 aromatic heterocycles. The number of hydrogen-bond donors (Lipinski definition) is 3. The lowest BCUT2D eigenvalue weighted by Crippen LogP contribution is -2.18. The van der Waals surface area contributed by atoms with E-state index in [1.165, 1.54) is 4.90 Å². The van der Waals surface area contributed by atoms with E-state index in [0.29, 0.717) is 54.6 Å². The van der Waals surface area contributed by atoms with Gasteiger partial charge in [-0.15, -0.1) is 0 Å². The number of alkyl halides is 3. The van der Waals surface area contributed by atoms with Crippen molar-refractivity contribution in [3.63, 3.8) is 0 Å². The fourth-order valence-corrected chi connectivity index (χ4v) is 6.24. The Bertz CT molecular complexity index is 1640. The summed E-state index contributed by atoms with van der Waals surface area (Å²) < 4.78 is 55.1. The number of benzene rings is 2. The van der Waals surface area contributed by atoms with Crippen LogP contribution in [0.5, 0.6) is 0 Å². The minimum Gasteiger partial charge on any atom is -0.394 e. The highest BCUT2D eigenvalue weighted by molar-refractivity contribution is 7.46. The summed E-state index contributed by atoms with van der Waals surface area (Å²) in [5.41, 5.74) is 2.77. The van der Waals surface area contributed by atoms with Gasteiger partial charge in [-0.1, -0.05) is 18.2 Å². The molecular formula is C30H33F3N7O4P. The van der Waals surface area contributed by atoms with Crippen LogP contribution in [-0.4, -0.2) is 62.5 Å². The van der Waals surface area contributed by atoms with Crippen LogP contribution in [0.3, 0.4) is 0 Å². The van der Waals surface area contributed by atoms with Crippen molar-refractivity contribution in [3.8, 4) is 11.3 Å². The minimum absolute atomic E-state index is 0.0599. The summed E-state index contributed by atoms with van der Waals surface area (Å²) in [5, 5.41) is 19.4. The molecule has 0 saturated heterocycles. The van der Waals surface area contributed by atoms with Gasteiger partial charge in [0.2, 0.25) is 5.95 Å². The highest BCUT2D eigenvalue weighted by atomic mass is 31.2. The number of halogens is 3. The zero-order chi connectivity index (χ0) is 32.1. The standard InChI is InChI=1S/C30H33F3N7O4P/c1-4-43-45(44-5-2)18-19-6-8-20(9-7-19)35-29-34-16-23(30(31,32)33)27(37-29)36-25-11-10-21(22-17-39(3)28(42)26(22)25)24-12-13-40(38-24)14-15-41/h6-13,16,41H,4-5,14-15,17-18H2,1-3H3,(H2,34,35,36,37). The molecule has 3 heterocycles. The third-order valence-corrected chi connectivity index (χ3v) is 8.65. The Labute approximate surface area is 259 Å². The van der Waals surface area contributed by atoms with E-state index in [1.807, 2.05) is 26.0 Å². The molecule has 0 aliphatic carbocycles. The van der Waals surface area contributed by atoms with Crippen LogP contribution in [0.2, 0.25) is 0 Å². The van der Waals surface area contributed by atoms with Gasteiger partial charge in [0.1, 0.15) is 11.4 Å². The first-order valence-electron chi connectivity index (χ1n) is 14.3. The van der Waals surface area contributed by atoms with Crippen molar-refractivity contribution < 1.29 is 32.1 Å². The molecule has 0 fully saturated rings. The van der Waals surface area contributed by atoms with E-state index in [0.717, 1.165) is 5.56 Å². The van der Waals surface area contributed by atoms with Crippen molar-refractivity contribution in [3.05, 3.63) is 77.1 Å². The molecule has 4 aromatic rings. The molecule has 1 aliphatic rings. The quantitative estimate of drug-likeness (QED) is 0.144. The number of rotatable bonds is 13. The summed E-state index contributed by atoms with van der Waals surface area (Å²) in [6, 6.07) is 12.3. The highest BCUT2D eigenvalue weighted by Gasteiger charge is 2.37. The fourth-order valence-electron chi connectivity index (χ4n) is 4.89. The molecule has 5 rings (SSSR count). The molecular weight excluding hydrogens is 610 g/mol. The van der Waals surface area contributed by atoms with Crippen LogP contribution in [0.4, 0.5) is 36.3 Å². The SMILES string of the molecule is CCOP(Cc1ccc(Nc2ncc(C(F)(F)F)c(Nc3ccc(-c4ccn(CCO)n4)c4c3C(=O)N(C)C4)n2)cc1)OCC. The Morgan fingerprint density at radius 3 is 2.44 bits per heavy atom. The highest BCUT2D eigenvalue weighted by Crippen LogP contribution is 2.42. The number of anilines is 4. The van der Waals surface area contributed by atoms with Crippen LogP contribution >= 0.6 is 8.38 Å². The summed E-state index contributed by atoms with van der Waals surface area (Å²) >= 11 is 0. The van der Waals surface area contributed by atoms with Gasteiger partial charge < -0.3 is 29.7 Å². The average Bonchev–Trinajstić information content (AvgIpc) is 3.58. The van der Waals surface area contributed by atoms with Crippen LogP contribution in [0, 0.1) is 0 Å². The van der Waals surface area contributed by atoms with Crippen molar-refractivity contribution in [2.24, 2.45) is 0 Å². The first-order chi connectivity index (χ1) is 21.6. The number of amides is 1. The molecule has 0 unspecified atom stereocenters. The first-order valence-corrected chi connectivity index (χ1v) is 15.6. The van der Waals surface area contributed by atoms with E-state index in [4.69, 9.17) is 9.05 Å². The van der Waals surface area contributed by atoms with Crippen LogP contribution < -0.4 is 10.6 Å². The second-order valence-electron chi connectivity index (χ2n) is 10.1. The fraction of sp³-hybridized carbons (Fsp3) is 0.333. The lowest BCUT2D eigenvalue weighted by atomic mass is 9.99.